The number of carbonyl (C=O) groups is 2. The van der Waals surface area contributed by atoms with E-state index in [1.54, 1.807) is 6.92 Å². The van der Waals surface area contributed by atoms with Crippen molar-refractivity contribution >= 4 is 23.8 Å². The number of amides is 2. The molecule has 20 heavy (non-hydrogen) atoms. The molecule has 1 aromatic heterocycles. The first-order valence-corrected chi connectivity index (χ1v) is 7.66. The van der Waals surface area contributed by atoms with Gasteiger partial charge in [0.25, 0.3) is 0 Å². The van der Waals surface area contributed by atoms with Crippen LogP contribution in [0.2, 0.25) is 0 Å². The number of rotatable bonds is 6. The van der Waals surface area contributed by atoms with Gasteiger partial charge in [0.15, 0.2) is 5.16 Å². The maximum absolute atomic E-state index is 11.6. The summed E-state index contributed by atoms with van der Waals surface area (Å²) < 4.78 is 6.67. The predicted molar refractivity (Wildman–Crippen MR) is 73.6 cm³/mol. The molecular formula is C12H18N4O3S. The zero-order valence-electron chi connectivity index (χ0n) is 11.6. The summed E-state index contributed by atoms with van der Waals surface area (Å²) >= 11 is 1.28. The Hall–Kier alpha value is -1.57. The van der Waals surface area contributed by atoms with Crippen molar-refractivity contribution < 1.29 is 14.3 Å². The molecule has 2 amide bonds. The van der Waals surface area contributed by atoms with Crippen LogP contribution in [-0.2, 0) is 16.1 Å². The Kier molecular flexibility index (Phi) is 4.99. The number of nitrogens with one attached hydrogen (secondary N) is 1. The summed E-state index contributed by atoms with van der Waals surface area (Å²) in [6.45, 7) is 4.72. The zero-order valence-corrected chi connectivity index (χ0v) is 12.4. The van der Waals surface area contributed by atoms with Crippen molar-refractivity contribution in [3.8, 4) is 0 Å². The van der Waals surface area contributed by atoms with E-state index < -0.39 is 12.0 Å². The lowest BCUT2D eigenvalue weighted by Crippen LogP contribution is -2.32. The first-order chi connectivity index (χ1) is 9.65. The summed E-state index contributed by atoms with van der Waals surface area (Å²) in [5, 5.41) is 11.2. The number of carbonyl (C=O) groups excluding carboxylic acids is 2. The van der Waals surface area contributed by atoms with Crippen molar-refractivity contribution in [1.29, 1.82) is 0 Å². The largest absolute Gasteiger partial charge is 0.450 e. The van der Waals surface area contributed by atoms with Gasteiger partial charge in [0.2, 0.25) is 5.91 Å². The standard InChI is InChI=1S/C12H18N4O3S/c1-3-16-10(8-5-6-8)14-15-11(16)20-7-9(17)13-12(18)19-4-2/h8H,3-7H2,1-2H3,(H,13,17,18). The van der Waals surface area contributed by atoms with Gasteiger partial charge in [0.05, 0.1) is 12.4 Å². The Morgan fingerprint density at radius 2 is 2.15 bits per heavy atom. The number of aromatic nitrogens is 3. The molecule has 1 aromatic rings. The molecule has 0 saturated heterocycles. The van der Waals surface area contributed by atoms with E-state index in [1.807, 2.05) is 11.5 Å². The third-order valence-corrected chi connectivity index (χ3v) is 3.82. The van der Waals surface area contributed by atoms with Gasteiger partial charge < -0.3 is 9.30 Å². The smallest absolute Gasteiger partial charge is 0.413 e. The summed E-state index contributed by atoms with van der Waals surface area (Å²) in [7, 11) is 0. The summed E-state index contributed by atoms with van der Waals surface area (Å²) in [6, 6.07) is 0. The molecule has 8 heteroatoms. The maximum Gasteiger partial charge on any atom is 0.413 e. The minimum absolute atomic E-state index is 0.113. The number of hydrogen-bond donors (Lipinski definition) is 1. The fourth-order valence-corrected chi connectivity index (χ4v) is 2.60. The molecule has 0 spiro atoms. The van der Waals surface area contributed by atoms with Crippen molar-refractivity contribution in [2.75, 3.05) is 12.4 Å². The second-order valence-corrected chi connectivity index (χ2v) is 5.36. The van der Waals surface area contributed by atoms with Crippen LogP contribution in [0.5, 0.6) is 0 Å². The maximum atomic E-state index is 11.6. The second-order valence-electron chi connectivity index (χ2n) is 4.42. The van der Waals surface area contributed by atoms with E-state index in [9.17, 15) is 9.59 Å². The van der Waals surface area contributed by atoms with Gasteiger partial charge in [-0.15, -0.1) is 10.2 Å². The van der Waals surface area contributed by atoms with E-state index in [4.69, 9.17) is 0 Å². The molecule has 1 aliphatic rings. The third-order valence-electron chi connectivity index (χ3n) is 2.85. The van der Waals surface area contributed by atoms with Crippen LogP contribution in [0, 0.1) is 0 Å². The molecule has 0 aromatic carbocycles. The molecule has 1 saturated carbocycles. The minimum atomic E-state index is -0.714. The molecule has 0 bridgehead atoms. The number of hydrogen-bond acceptors (Lipinski definition) is 6. The topological polar surface area (TPSA) is 86.1 Å². The predicted octanol–water partition coefficient (Wildman–Crippen LogP) is 1.54. The first-order valence-electron chi connectivity index (χ1n) is 6.68. The van der Waals surface area contributed by atoms with Gasteiger partial charge in [0.1, 0.15) is 5.82 Å². The third kappa shape index (κ3) is 3.72. The molecule has 0 aliphatic heterocycles. The zero-order chi connectivity index (χ0) is 14.5. The van der Waals surface area contributed by atoms with Gasteiger partial charge in [-0.1, -0.05) is 11.8 Å². The van der Waals surface area contributed by atoms with E-state index in [-0.39, 0.29) is 12.4 Å². The van der Waals surface area contributed by atoms with E-state index in [2.05, 4.69) is 20.3 Å². The lowest BCUT2D eigenvalue weighted by atomic mass is 10.4. The van der Waals surface area contributed by atoms with Crippen LogP contribution in [0.4, 0.5) is 4.79 Å². The van der Waals surface area contributed by atoms with Gasteiger partial charge in [-0.2, -0.15) is 0 Å². The van der Waals surface area contributed by atoms with Crippen molar-refractivity contribution in [3.05, 3.63) is 5.82 Å². The SMILES string of the molecule is CCOC(=O)NC(=O)CSc1nnc(C2CC2)n1CC. The van der Waals surface area contributed by atoms with Gasteiger partial charge >= 0.3 is 6.09 Å². The molecule has 2 rings (SSSR count). The Morgan fingerprint density at radius 3 is 2.75 bits per heavy atom. The Labute approximate surface area is 121 Å². The minimum Gasteiger partial charge on any atom is -0.450 e. The molecule has 0 unspecified atom stereocenters. The van der Waals surface area contributed by atoms with Crippen molar-refractivity contribution in [2.45, 2.75) is 44.3 Å². The molecule has 1 aliphatic carbocycles. The van der Waals surface area contributed by atoms with Crippen LogP contribution in [0.3, 0.4) is 0 Å². The normalized spacial score (nSPS) is 14.1. The number of ether oxygens (including phenoxy) is 1. The Balaban J connectivity index is 1.87. The van der Waals surface area contributed by atoms with Crippen LogP contribution in [0.1, 0.15) is 38.4 Å². The van der Waals surface area contributed by atoms with Crippen LogP contribution in [0.15, 0.2) is 5.16 Å². The van der Waals surface area contributed by atoms with Gasteiger partial charge in [0, 0.05) is 12.5 Å². The molecule has 1 heterocycles. The summed E-state index contributed by atoms with van der Waals surface area (Å²) in [5.41, 5.74) is 0. The van der Waals surface area contributed by atoms with E-state index in [0.717, 1.165) is 25.2 Å². The molecule has 110 valence electrons. The number of alkyl carbamates (subject to hydrolysis) is 1. The fraction of sp³-hybridized carbons (Fsp3) is 0.667. The highest BCUT2D eigenvalue weighted by Gasteiger charge is 2.30. The highest BCUT2D eigenvalue weighted by atomic mass is 32.2. The lowest BCUT2D eigenvalue weighted by molar-refractivity contribution is -0.117. The average Bonchev–Trinajstić information content (AvgIpc) is 3.17. The van der Waals surface area contributed by atoms with Crippen molar-refractivity contribution in [1.82, 2.24) is 20.1 Å². The van der Waals surface area contributed by atoms with Crippen LogP contribution >= 0.6 is 11.8 Å². The number of thioether (sulfide) groups is 1. The quantitative estimate of drug-likeness (QED) is 0.802. The van der Waals surface area contributed by atoms with Crippen molar-refractivity contribution in [2.24, 2.45) is 0 Å². The average molecular weight is 298 g/mol. The highest BCUT2D eigenvalue weighted by molar-refractivity contribution is 7.99. The van der Waals surface area contributed by atoms with Crippen LogP contribution in [0.25, 0.3) is 0 Å². The van der Waals surface area contributed by atoms with E-state index in [0.29, 0.717) is 11.1 Å². The van der Waals surface area contributed by atoms with E-state index in [1.165, 1.54) is 11.8 Å². The number of nitrogens with zero attached hydrogens (tertiary/aromatic N) is 3. The number of imide groups is 1. The van der Waals surface area contributed by atoms with Gasteiger partial charge in [-0.3, -0.25) is 10.1 Å². The van der Waals surface area contributed by atoms with Gasteiger partial charge in [-0.25, -0.2) is 4.79 Å². The van der Waals surface area contributed by atoms with Crippen LogP contribution < -0.4 is 5.32 Å². The first kappa shape index (κ1) is 14.8. The molecule has 0 radical (unpaired) electrons. The van der Waals surface area contributed by atoms with E-state index >= 15 is 0 Å². The molecule has 1 N–H and O–H groups in total. The van der Waals surface area contributed by atoms with Crippen molar-refractivity contribution in [3.63, 3.8) is 0 Å². The molecule has 1 fully saturated rings. The molecular weight excluding hydrogens is 280 g/mol. The van der Waals surface area contributed by atoms with Gasteiger partial charge in [-0.05, 0) is 26.7 Å². The molecule has 7 nitrogen and oxygen atoms in total. The second kappa shape index (κ2) is 6.74. The fourth-order valence-electron chi connectivity index (χ4n) is 1.79. The Morgan fingerprint density at radius 1 is 1.40 bits per heavy atom. The summed E-state index contributed by atoms with van der Waals surface area (Å²) in [4.78, 5) is 22.7. The molecule has 0 atom stereocenters. The Bertz CT molecular complexity index is 499. The summed E-state index contributed by atoms with van der Waals surface area (Å²) in [6.07, 6.45) is 1.60. The lowest BCUT2D eigenvalue weighted by Gasteiger charge is -2.06. The van der Waals surface area contributed by atoms with Crippen LogP contribution in [-0.4, -0.2) is 39.1 Å². The monoisotopic (exact) mass is 298 g/mol. The summed E-state index contributed by atoms with van der Waals surface area (Å²) in [5.74, 6) is 1.24. The highest BCUT2D eigenvalue weighted by Crippen LogP contribution is 2.39.